The van der Waals surface area contributed by atoms with Crippen molar-refractivity contribution in [2.45, 2.75) is 12.6 Å². The number of aromatic carboxylic acids is 1. The molecule has 0 bridgehead atoms. The van der Waals surface area contributed by atoms with Crippen molar-refractivity contribution >= 4 is 23.5 Å². The van der Waals surface area contributed by atoms with Crippen molar-refractivity contribution < 1.29 is 23.1 Å². The van der Waals surface area contributed by atoms with Crippen LogP contribution in [0.1, 0.15) is 22.5 Å². The zero-order valence-electron chi connectivity index (χ0n) is 10.1. The molecule has 0 amide bonds. The Morgan fingerprint density at radius 1 is 1.47 bits per heavy atom. The summed E-state index contributed by atoms with van der Waals surface area (Å²) in [5.74, 6) is -0.731. The van der Waals surface area contributed by atoms with Crippen LogP contribution in [0.4, 0.5) is 19.0 Å². The summed E-state index contributed by atoms with van der Waals surface area (Å²) in [5, 5.41) is 11.5. The van der Waals surface area contributed by atoms with Crippen molar-refractivity contribution in [2.24, 2.45) is 0 Å². The number of hydrogen-bond acceptors (Lipinski definition) is 4. The topological polar surface area (TPSA) is 62.2 Å². The van der Waals surface area contributed by atoms with Crippen molar-refractivity contribution in [2.75, 3.05) is 23.9 Å². The van der Waals surface area contributed by atoms with Gasteiger partial charge < -0.3 is 10.4 Å². The Balaban J connectivity index is 2.93. The number of anilines is 1. The third-order valence-corrected chi connectivity index (χ3v) is 2.93. The number of pyridine rings is 1. The van der Waals surface area contributed by atoms with E-state index in [-0.39, 0.29) is 11.4 Å². The fraction of sp³-hybridized carbons (Fsp3) is 0.455. The van der Waals surface area contributed by atoms with E-state index < -0.39 is 17.8 Å². The summed E-state index contributed by atoms with van der Waals surface area (Å²) in [4.78, 5) is 14.2. The molecular weight excluding hydrogens is 281 g/mol. The van der Waals surface area contributed by atoms with Crippen molar-refractivity contribution in [3.8, 4) is 0 Å². The average Bonchev–Trinajstić information content (AvgIpc) is 2.33. The molecule has 0 radical (unpaired) electrons. The Labute approximate surface area is 112 Å². The molecule has 0 aliphatic carbocycles. The second kappa shape index (κ2) is 6.65. The summed E-state index contributed by atoms with van der Waals surface area (Å²) in [6.07, 6.45) is -1.98. The molecule has 106 valence electrons. The van der Waals surface area contributed by atoms with E-state index in [1.54, 1.807) is 11.8 Å². The molecule has 0 aliphatic rings. The van der Waals surface area contributed by atoms with Gasteiger partial charge in [-0.25, -0.2) is 9.78 Å². The summed E-state index contributed by atoms with van der Waals surface area (Å²) in [6.45, 7) is 0.370. The predicted octanol–water partition coefficient (Wildman–Crippen LogP) is 2.96. The van der Waals surface area contributed by atoms with Crippen LogP contribution in [0.25, 0.3) is 0 Å². The number of aromatic nitrogens is 1. The molecule has 1 rings (SSSR count). The van der Waals surface area contributed by atoms with Crippen molar-refractivity contribution in [3.63, 3.8) is 0 Å². The molecule has 4 nitrogen and oxygen atoms in total. The van der Waals surface area contributed by atoms with Crippen LogP contribution in [-0.4, -0.2) is 34.6 Å². The highest BCUT2D eigenvalue weighted by Crippen LogP contribution is 2.29. The van der Waals surface area contributed by atoms with E-state index in [2.05, 4.69) is 10.3 Å². The first kappa shape index (κ1) is 15.6. The number of rotatable bonds is 6. The molecule has 0 atom stereocenters. The maximum Gasteiger partial charge on any atom is 0.433 e. The maximum atomic E-state index is 12.5. The highest BCUT2D eigenvalue weighted by Gasteiger charge is 2.33. The Morgan fingerprint density at radius 2 is 2.16 bits per heavy atom. The molecule has 1 aromatic heterocycles. The number of carboxylic acid groups (broad SMARTS) is 1. The third kappa shape index (κ3) is 4.62. The van der Waals surface area contributed by atoms with Crippen molar-refractivity contribution in [1.82, 2.24) is 4.98 Å². The van der Waals surface area contributed by atoms with Crippen LogP contribution >= 0.6 is 11.8 Å². The number of carbonyl (C=O) groups is 1. The normalized spacial score (nSPS) is 11.4. The van der Waals surface area contributed by atoms with Crippen LogP contribution in [-0.2, 0) is 6.18 Å². The minimum Gasteiger partial charge on any atom is -0.478 e. The third-order valence-electron chi connectivity index (χ3n) is 2.23. The standard InChI is InChI=1S/C11H13F3N2O2S/c1-19-6-2-5-15-9-7(10(17)18)3-4-8(16-9)11(12,13)14/h3-4H,2,5-6H2,1H3,(H,15,16)(H,17,18). The molecule has 1 heterocycles. The monoisotopic (exact) mass is 294 g/mol. The first-order chi connectivity index (χ1) is 8.86. The number of halogens is 3. The molecule has 0 saturated heterocycles. The Morgan fingerprint density at radius 3 is 2.68 bits per heavy atom. The van der Waals surface area contributed by atoms with Gasteiger partial charge in [0.1, 0.15) is 17.1 Å². The fourth-order valence-electron chi connectivity index (χ4n) is 1.35. The summed E-state index contributed by atoms with van der Waals surface area (Å²) < 4.78 is 37.5. The lowest BCUT2D eigenvalue weighted by atomic mass is 10.2. The van der Waals surface area contributed by atoms with E-state index >= 15 is 0 Å². The van der Waals surface area contributed by atoms with Crippen LogP contribution in [0.15, 0.2) is 12.1 Å². The second-order valence-corrected chi connectivity index (χ2v) is 4.65. The van der Waals surface area contributed by atoms with Gasteiger partial charge in [0.15, 0.2) is 0 Å². The minimum absolute atomic E-state index is 0.247. The zero-order chi connectivity index (χ0) is 14.5. The van der Waals surface area contributed by atoms with Gasteiger partial charge in [0, 0.05) is 6.54 Å². The van der Waals surface area contributed by atoms with Crippen LogP contribution in [0.2, 0.25) is 0 Å². The first-order valence-corrected chi connectivity index (χ1v) is 6.80. The molecule has 8 heteroatoms. The Bertz CT molecular complexity index is 452. The summed E-state index contributed by atoms with van der Waals surface area (Å²) >= 11 is 1.60. The predicted molar refractivity (Wildman–Crippen MR) is 67.7 cm³/mol. The van der Waals surface area contributed by atoms with Gasteiger partial charge in [-0.3, -0.25) is 0 Å². The largest absolute Gasteiger partial charge is 0.478 e. The highest BCUT2D eigenvalue weighted by molar-refractivity contribution is 7.98. The average molecular weight is 294 g/mol. The first-order valence-electron chi connectivity index (χ1n) is 5.40. The fourth-order valence-corrected chi connectivity index (χ4v) is 1.78. The van der Waals surface area contributed by atoms with Gasteiger partial charge in [-0.05, 0) is 30.6 Å². The summed E-state index contributed by atoms with van der Waals surface area (Å²) in [6, 6.07) is 1.57. The number of alkyl halides is 3. The van der Waals surface area contributed by atoms with Crippen LogP contribution in [0.3, 0.4) is 0 Å². The number of thioether (sulfide) groups is 1. The molecule has 0 fully saturated rings. The van der Waals surface area contributed by atoms with E-state index in [0.717, 1.165) is 11.8 Å². The van der Waals surface area contributed by atoms with Gasteiger partial charge in [-0.2, -0.15) is 24.9 Å². The van der Waals surface area contributed by atoms with Gasteiger partial charge in [-0.1, -0.05) is 0 Å². The summed E-state index contributed by atoms with van der Waals surface area (Å²) in [5.41, 5.74) is -1.37. The quantitative estimate of drug-likeness (QED) is 0.790. The SMILES string of the molecule is CSCCCNc1nc(C(F)(F)F)ccc1C(=O)O. The molecule has 2 N–H and O–H groups in total. The number of nitrogens with one attached hydrogen (secondary N) is 1. The van der Waals surface area contributed by atoms with Gasteiger partial charge in [0.25, 0.3) is 0 Å². The van der Waals surface area contributed by atoms with Crippen LogP contribution < -0.4 is 5.32 Å². The number of hydrogen-bond donors (Lipinski definition) is 2. The zero-order valence-corrected chi connectivity index (χ0v) is 10.9. The van der Waals surface area contributed by atoms with Gasteiger partial charge in [0.05, 0.1) is 0 Å². The maximum absolute atomic E-state index is 12.5. The lowest BCUT2D eigenvalue weighted by Crippen LogP contribution is -2.15. The second-order valence-electron chi connectivity index (χ2n) is 3.67. The van der Waals surface area contributed by atoms with Crippen LogP contribution in [0.5, 0.6) is 0 Å². The molecule has 0 unspecified atom stereocenters. The minimum atomic E-state index is -4.59. The van der Waals surface area contributed by atoms with E-state index in [4.69, 9.17) is 5.11 Å². The van der Waals surface area contributed by atoms with E-state index in [9.17, 15) is 18.0 Å². The smallest absolute Gasteiger partial charge is 0.433 e. The van der Waals surface area contributed by atoms with Crippen molar-refractivity contribution in [1.29, 1.82) is 0 Å². The molecule has 19 heavy (non-hydrogen) atoms. The molecule has 0 aromatic carbocycles. The lowest BCUT2D eigenvalue weighted by Gasteiger charge is -2.12. The highest BCUT2D eigenvalue weighted by atomic mass is 32.2. The summed E-state index contributed by atoms with van der Waals surface area (Å²) in [7, 11) is 0. The van der Waals surface area contributed by atoms with Crippen molar-refractivity contribution in [3.05, 3.63) is 23.4 Å². The van der Waals surface area contributed by atoms with E-state index in [1.165, 1.54) is 0 Å². The molecule has 0 aliphatic heterocycles. The Hall–Kier alpha value is -1.44. The molecule has 0 spiro atoms. The van der Waals surface area contributed by atoms with E-state index in [1.807, 2.05) is 6.26 Å². The molecule has 0 saturated carbocycles. The number of nitrogens with zero attached hydrogens (tertiary/aromatic N) is 1. The van der Waals surface area contributed by atoms with Crippen LogP contribution in [0, 0.1) is 0 Å². The van der Waals surface area contributed by atoms with Gasteiger partial charge >= 0.3 is 12.1 Å². The van der Waals surface area contributed by atoms with E-state index in [0.29, 0.717) is 19.0 Å². The van der Waals surface area contributed by atoms with Gasteiger partial charge in [0.2, 0.25) is 0 Å². The Kier molecular flexibility index (Phi) is 5.46. The lowest BCUT2D eigenvalue weighted by molar-refractivity contribution is -0.141. The molecule has 1 aromatic rings. The van der Waals surface area contributed by atoms with Gasteiger partial charge in [-0.15, -0.1) is 0 Å². The molecular formula is C11H13F3N2O2S. The number of carboxylic acids is 1.